The van der Waals surface area contributed by atoms with E-state index in [-0.39, 0.29) is 0 Å². The average Bonchev–Trinajstić information content (AvgIpc) is 2.31. The van der Waals surface area contributed by atoms with E-state index in [1.165, 1.54) is 51.4 Å². The first-order valence-corrected chi connectivity index (χ1v) is 6.96. The molecule has 3 atom stereocenters. The Hall–Kier alpha value is -0.340. The summed E-state index contributed by atoms with van der Waals surface area (Å²) in [5.74, 6) is 7.45. The monoisotopic (exact) mass is 222 g/mol. The molecule has 2 aliphatic carbocycles. The van der Waals surface area contributed by atoms with Crippen LogP contribution in [0, 0.1) is 11.8 Å². The topological polar surface area (TPSA) is 38.0 Å². The molecule has 0 spiro atoms. The number of hydrogen-bond donors (Lipinski definition) is 2. The van der Waals surface area contributed by atoms with Crippen LogP contribution in [-0.2, 0) is 0 Å². The van der Waals surface area contributed by atoms with Crippen LogP contribution in [0.25, 0.3) is 0 Å². The van der Waals surface area contributed by atoms with E-state index >= 15 is 0 Å². The summed E-state index contributed by atoms with van der Waals surface area (Å²) in [5, 5.41) is 0. The number of hydrogen-bond acceptors (Lipinski definition) is 2. The fourth-order valence-corrected chi connectivity index (χ4v) is 3.48. The molecule has 3 unspecified atom stereocenters. The Morgan fingerprint density at radius 1 is 1.31 bits per heavy atom. The molecule has 0 heterocycles. The van der Waals surface area contributed by atoms with Crippen LogP contribution >= 0.6 is 0 Å². The summed E-state index contributed by atoms with van der Waals surface area (Å²) in [6, 6.07) is 0.461. The number of nitrogens with two attached hydrogens (primary N) is 1. The molecule has 0 bridgehead atoms. The SMILES string of the molecule is CC1CCCC(C(NN)C2=CCCCC2)C1. The molecule has 2 nitrogen and oxygen atoms in total. The predicted molar refractivity (Wildman–Crippen MR) is 68.8 cm³/mol. The first-order valence-electron chi connectivity index (χ1n) is 6.96. The lowest BCUT2D eigenvalue weighted by Crippen LogP contribution is -2.44. The Morgan fingerprint density at radius 2 is 2.19 bits per heavy atom. The predicted octanol–water partition coefficient (Wildman–Crippen LogP) is 3.15. The first-order chi connectivity index (χ1) is 7.81. The highest BCUT2D eigenvalue weighted by Gasteiger charge is 2.28. The van der Waals surface area contributed by atoms with Crippen LogP contribution in [0.4, 0.5) is 0 Å². The average molecular weight is 222 g/mol. The maximum Gasteiger partial charge on any atom is 0.0448 e. The summed E-state index contributed by atoms with van der Waals surface area (Å²) in [6.45, 7) is 2.38. The van der Waals surface area contributed by atoms with Crippen LogP contribution in [0.2, 0.25) is 0 Å². The summed E-state index contributed by atoms with van der Waals surface area (Å²) < 4.78 is 0. The minimum absolute atomic E-state index is 0.461. The molecule has 1 saturated carbocycles. The van der Waals surface area contributed by atoms with E-state index < -0.39 is 0 Å². The van der Waals surface area contributed by atoms with Gasteiger partial charge in [0.25, 0.3) is 0 Å². The molecule has 2 aliphatic rings. The van der Waals surface area contributed by atoms with Crippen molar-refractivity contribution in [1.29, 1.82) is 0 Å². The van der Waals surface area contributed by atoms with Crippen molar-refractivity contribution in [3.05, 3.63) is 11.6 Å². The van der Waals surface area contributed by atoms with Gasteiger partial charge in [0.2, 0.25) is 0 Å². The normalized spacial score (nSPS) is 33.2. The standard InChI is InChI=1S/C14H26N2/c1-11-6-5-9-13(10-11)14(16-15)12-7-3-2-4-8-12/h7,11,13-14,16H,2-6,8-10,15H2,1H3. The largest absolute Gasteiger partial charge is 0.271 e. The van der Waals surface area contributed by atoms with Crippen molar-refractivity contribution < 1.29 is 0 Å². The summed E-state index contributed by atoms with van der Waals surface area (Å²) in [6.07, 6.45) is 13.2. The summed E-state index contributed by atoms with van der Waals surface area (Å²) in [5.41, 5.74) is 4.68. The van der Waals surface area contributed by atoms with Gasteiger partial charge in [0.15, 0.2) is 0 Å². The minimum Gasteiger partial charge on any atom is -0.271 e. The lowest BCUT2D eigenvalue weighted by Gasteiger charge is -2.35. The molecule has 0 aromatic rings. The van der Waals surface area contributed by atoms with E-state index in [1.807, 2.05) is 0 Å². The molecule has 16 heavy (non-hydrogen) atoms. The van der Waals surface area contributed by atoms with Gasteiger partial charge in [0.05, 0.1) is 0 Å². The number of rotatable bonds is 3. The Kier molecular flexibility index (Phi) is 4.42. The number of hydrazine groups is 1. The smallest absolute Gasteiger partial charge is 0.0448 e. The second-order valence-corrected chi connectivity index (χ2v) is 5.70. The molecular weight excluding hydrogens is 196 g/mol. The van der Waals surface area contributed by atoms with Gasteiger partial charge in [-0.05, 0) is 50.4 Å². The van der Waals surface area contributed by atoms with Gasteiger partial charge in [-0.15, -0.1) is 0 Å². The van der Waals surface area contributed by atoms with E-state index in [4.69, 9.17) is 5.84 Å². The molecule has 0 aromatic heterocycles. The zero-order chi connectivity index (χ0) is 11.4. The maximum absolute atomic E-state index is 5.79. The van der Waals surface area contributed by atoms with E-state index in [2.05, 4.69) is 18.4 Å². The van der Waals surface area contributed by atoms with Crippen molar-refractivity contribution in [3.63, 3.8) is 0 Å². The summed E-state index contributed by atoms with van der Waals surface area (Å²) in [7, 11) is 0. The Balaban J connectivity index is 2.00. The highest BCUT2D eigenvalue weighted by Crippen LogP contribution is 2.34. The van der Waals surface area contributed by atoms with Crippen molar-refractivity contribution in [1.82, 2.24) is 5.43 Å². The highest BCUT2D eigenvalue weighted by atomic mass is 15.2. The highest BCUT2D eigenvalue weighted by molar-refractivity contribution is 5.14. The Labute approximate surface area is 99.6 Å². The van der Waals surface area contributed by atoms with Gasteiger partial charge >= 0.3 is 0 Å². The third-order valence-electron chi connectivity index (χ3n) is 4.35. The van der Waals surface area contributed by atoms with Gasteiger partial charge in [0.1, 0.15) is 0 Å². The van der Waals surface area contributed by atoms with Crippen LogP contribution in [0.15, 0.2) is 11.6 Å². The number of nitrogens with one attached hydrogen (secondary N) is 1. The maximum atomic E-state index is 5.79. The van der Waals surface area contributed by atoms with Crippen LogP contribution < -0.4 is 11.3 Å². The van der Waals surface area contributed by atoms with Crippen molar-refractivity contribution in [2.75, 3.05) is 0 Å². The molecule has 1 fully saturated rings. The lowest BCUT2D eigenvalue weighted by atomic mass is 9.75. The molecule has 92 valence electrons. The molecule has 2 heteroatoms. The molecule has 0 aromatic carbocycles. The van der Waals surface area contributed by atoms with E-state index in [1.54, 1.807) is 5.57 Å². The molecule has 2 rings (SSSR count). The van der Waals surface area contributed by atoms with Crippen LogP contribution in [-0.4, -0.2) is 6.04 Å². The van der Waals surface area contributed by atoms with Gasteiger partial charge < -0.3 is 0 Å². The van der Waals surface area contributed by atoms with Gasteiger partial charge in [-0.2, -0.15) is 0 Å². The minimum atomic E-state index is 0.461. The van der Waals surface area contributed by atoms with Crippen molar-refractivity contribution >= 4 is 0 Å². The third-order valence-corrected chi connectivity index (χ3v) is 4.35. The Morgan fingerprint density at radius 3 is 2.81 bits per heavy atom. The van der Waals surface area contributed by atoms with Gasteiger partial charge in [-0.25, -0.2) is 0 Å². The number of allylic oxidation sites excluding steroid dienone is 1. The second kappa shape index (κ2) is 5.83. The molecule has 0 saturated heterocycles. The Bertz CT molecular complexity index is 247. The van der Waals surface area contributed by atoms with Crippen molar-refractivity contribution in [2.45, 2.75) is 64.3 Å². The van der Waals surface area contributed by atoms with Crippen LogP contribution in [0.1, 0.15) is 58.3 Å². The van der Waals surface area contributed by atoms with Crippen molar-refractivity contribution in [3.8, 4) is 0 Å². The fourth-order valence-electron chi connectivity index (χ4n) is 3.48. The fraction of sp³-hybridized carbons (Fsp3) is 0.857. The molecular formula is C14H26N2. The summed E-state index contributed by atoms with van der Waals surface area (Å²) in [4.78, 5) is 0. The third kappa shape index (κ3) is 2.86. The summed E-state index contributed by atoms with van der Waals surface area (Å²) >= 11 is 0. The molecule has 3 N–H and O–H groups in total. The first kappa shape index (κ1) is 12.1. The van der Waals surface area contributed by atoms with E-state index in [9.17, 15) is 0 Å². The van der Waals surface area contributed by atoms with Crippen molar-refractivity contribution in [2.24, 2.45) is 17.7 Å². The van der Waals surface area contributed by atoms with Gasteiger partial charge in [0, 0.05) is 6.04 Å². The van der Waals surface area contributed by atoms with Crippen LogP contribution in [0.3, 0.4) is 0 Å². The zero-order valence-corrected chi connectivity index (χ0v) is 10.5. The molecule has 0 radical (unpaired) electrons. The second-order valence-electron chi connectivity index (χ2n) is 5.70. The lowest BCUT2D eigenvalue weighted by molar-refractivity contribution is 0.236. The zero-order valence-electron chi connectivity index (χ0n) is 10.5. The molecule has 0 amide bonds. The van der Waals surface area contributed by atoms with E-state index in [0.29, 0.717) is 6.04 Å². The molecule has 0 aliphatic heterocycles. The quantitative estimate of drug-likeness (QED) is 0.437. The van der Waals surface area contributed by atoms with Gasteiger partial charge in [-0.3, -0.25) is 11.3 Å². The van der Waals surface area contributed by atoms with E-state index in [0.717, 1.165) is 11.8 Å². The van der Waals surface area contributed by atoms with Gasteiger partial charge in [-0.1, -0.05) is 31.4 Å². The van der Waals surface area contributed by atoms with Crippen LogP contribution in [0.5, 0.6) is 0 Å².